The molecule has 0 spiro atoms. The van der Waals surface area contributed by atoms with E-state index in [0.29, 0.717) is 0 Å². The van der Waals surface area contributed by atoms with Gasteiger partial charge in [-0.05, 0) is 57.2 Å². The van der Waals surface area contributed by atoms with Gasteiger partial charge in [-0.2, -0.15) is 0 Å². The van der Waals surface area contributed by atoms with Crippen LogP contribution >= 0.6 is 0 Å². The summed E-state index contributed by atoms with van der Waals surface area (Å²) in [4.78, 5) is 4.83. The van der Waals surface area contributed by atoms with Gasteiger partial charge < -0.3 is 15.5 Å². The van der Waals surface area contributed by atoms with Gasteiger partial charge in [0.25, 0.3) is 0 Å². The average Bonchev–Trinajstić information content (AvgIpc) is 2.61. The minimum absolute atomic E-state index is 0.0725. The summed E-state index contributed by atoms with van der Waals surface area (Å²) in [5.74, 6) is -0.204. The van der Waals surface area contributed by atoms with Gasteiger partial charge in [-0.1, -0.05) is 12.1 Å². The molecule has 1 aromatic rings. The highest BCUT2D eigenvalue weighted by atomic mass is 19.1. The van der Waals surface area contributed by atoms with Crippen molar-refractivity contribution in [2.45, 2.75) is 18.9 Å². The van der Waals surface area contributed by atoms with Crippen LogP contribution in [0.3, 0.4) is 0 Å². The highest BCUT2D eigenvalue weighted by Crippen LogP contribution is 2.16. The lowest BCUT2D eigenvalue weighted by Gasteiger charge is -2.22. The van der Waals surface area contributed by atoms with E-state index in [1.54, 1.807) is 12.1 Å². The van der Waals surface area contributed by atoms with Crippen molar-refractivity contribution in [3.8, 4) is 0 Å². The molecule has 106 valence electrons. The van der Waals surface area contributed by atoms with Crippen molar-refractivity contribution in [3.63, 3.8) is 0 Å². The summed E-state index contributed by atoms with van der Waals surface area (Å²) in [5, 5.41) is 0. The summed E-state index contributed by atoms with van der Waals surface area (Å²) in [6.07, 6.45) is 2.10. The van der Waals surface area contributed by atoms with E-state index >= 15 is 0 Å². The molecular formula is C15H24FN3. The number of nitrogens with zero attached hydrogens (tertiary/aromatic N) is 2. The molecule has 2 rings (SSSR count). The van der Waals surface area contributed by atoms with Gasteiger partial charge in [-0.25, -0.2) is 4.39 Å². The second-order valence-electron chi connectivity index (χ2n) is 5.45. The van der Waals surface area contributed by atoms with Crippen molar-refractivity contribution in [2.24, 2.45) is 5.73 Å². The highest BCUT2D eigenvalue weighted by Gasteiger charge is 2.14. The van der Waals surface area contributed by atoms with Crippen LogP contribution in [0.15, 0.2) is 24.3 Å². The maximum Gasteiger partial charge on any atom is 0.123 e. The molecule has 19 heavy (non-hydrogen) atoms. The summed E-state index contributed by atoms with van der Waals surface area (Å²) in [6, 6.07) is 6.56. The Morgan fingerprint density at radius 1 is 1.26 bits per heavy atom. The van der Waals surface area contributed by atoms with Crippen LogP contribution < -0.4 is 5.73 Å². The van der Waals surface area contributed by atoms with E-state index in [1.165, 1.54) is 19.0 Å². The fraction of sp³-hybridized carbons (Fsp3) is 0.600. The molecular weight excluding hydrogens is 241 g/mol. The molecule has 1 heterocycles. The van der Waals surface area contributed by atoms with Crippen LogP contribution in [0, 0.1) is 5.82 Å². The third-order valence-corrected chi connectivity index (χ3v) is 3.85. The quantitative estimate of drug-likeness (QED) is 0.902. The van der Waals surface area contributed by atoms with E-state index < -0.39 is 0 Å². The molecule has 0 saturated carbocycles. The Hall–Kier alpha value is -0.970. The summed E-state index contributed by atoms with van der Waals surface area (Å²) in [7, 11) is 2.17. The minimum atomic E-state index is -0.204. The fourth-order valence-electron chi connectivity index (χ4n) is 2.55. The van der Waals surface area contributed by atoms with Crippen molar-refractivity contribution < 1.29 is 4.39 Å². The molecule has 4 heteroatoms. The van der Waals surface area contributed by atoms with E-state index in [-0.39, 0.29) is 11.9 Å². The Morgan fingerprint density at radius 2 is 2.11 bits per heavy atom. The maximum atomic E-state index is 13.1. The highest BCUT2D eigenvalue weighted by molar-refractivity contribution is 5.19. The van der Waals surface area contributed by atoms with Gasteiger partial charge >= 0.3 is 0 Å². The van der Waals surface area contributed by atoms with Gasteiger partial charge in [-0.3, -0.25) is 0 Å². The number of hydrogen-bond donors (Lipinski definition) is 1. The van der Waals surface area contributed by atoms with Gasteiger partial charge in [-0.15, -0.1) is 0 Å². The van der Waals surface area contributed by atoms with Gasteiger partial charge in [0.2, 0.25) is 0 Å². The van der Waals surface area contributed by atoms with Crippen molar-refractivity contribution in [3.05, 3.63) is 35.6 Å². The molecule has 1 aromatic carbocycles. The summed E-state index contributed by atoms with van der Waals surface area (Å²) in [5.41, 5.74) is 7.04. The number of nitrogens with two attached hydrogens (primary N) is 1. The maximum absolute atomic E-state index is 13.1. The van der Waals surface area contributed by atoms with Gasteiger partial charge in [0, 0.05) is 19.1 Å². The van der Waals surface area contributed by atoms with Crippen LogP contribution in [0.4, 0.5) is 4.39 Å². The van der Waals surface area contributed by atoms with Gasteiger partial charge in [0.15, 0.2) is 0 Å². The van der Waals surface area contributed by atoms with Crippen LogP contribution in [0.1, 0.15) is 24.4 Å². The Balaban J connectivity index is 1.81. The smallest absolute Gasteiger partial charge is 0.123 e. The zero-order valence-corrected chi connectivity index (χ0v) is 11.7. The van der Waals surface area contributed by atoms with E-state index in [1.807, 2.05) is 6.07 Å². The zero-order valence-electron chi connectivity index (χ0n) is 11.7. The summed E-state index contributed by atoms with van der Waals surface area (Å²) < 4.78 is 13.1. The molecule has 2 N–H and O–H groups in total. The zero-order chi connectivity index (χ0) is 13.7. The lowest BCUT2D eigenvalue weighted by molar-refractivity contribution is 0.267. The van der Waals surface area contributed by atoms with E-state index in [2.05, 4.69) is 16.8 Å². The monoisotopic (exact) mass is 265 g/mol. The number of hydrogen-bond acceptors (Lipinski definition) is 3. The predicted octanol–water partition coefficient (Wildman–Crippen LogP) is 1.85. The number of likely N-dealkylation sites (N-methyl/N-ethyl adjacent to an activating group) is 1. The second kappa shape index (κ2) is 6.98. The molecule has 0 amide bonds. The molecule has 0 bridgehead atoms. The van der Waals surface area contributed by atoms with E-state index in [0.717, 1.165) is 38.2 Å². The molecule has 1 saturated heterocycles. The fourth-order valence-corrected chi connectivity index (χ4v) is 2.55. The number of rotatable bonds is 4. The first-order valence-corrected chi connectivity index (χ1v) is 7.07. The lowest BCUT2D eigenvalue weighted by atomic mass is 10.0. The molecule has 0 radical (unpaired) electrons. The average molecular weight is 265 g/mol. The Labute approximate surface area is 115 Å². The SMILES string of the molecule is CN1CCCN(CCC(N)c2cccc(F)c2)CC1. The molecule has 0 aliphatic carbocycles. The van der Waals surface area contributed by atoms with E-state index in [9.17, 15) is 4.39 Å². The molecule has 1 unspecified atom stereocenters. The van der Waals surface area contributed by atoms with Crippen LogP contribution in [0.5, 0.6) is 0 Å². The van der Waals surface area contributed by atoms with Gasteiger partial charge in [0.1, 0.15) is 5.82 Å². The van der Waals surface area contributed by atoms with E-state index in [4.69, 9.17) is 5.73 Å². The predicted molar refractivity (Wildman–Crippen MR) is 76.5 cm³/mol. The normalized spacial score (nSPS) is 20.2. The van der Waals surface area contributed by atoms with Gasteiger partial charge in [0.05, 0.1) is 0 Å². The molecule has 1 atom stereocenters. The Bertz CT molecular complexity index is 397. The standard InChI is InChI=1S/C15H24FN3/c1-18-7-3-8-19(11-10-18)9-6-15(17)13-4-2-5-14(16)12-13/h2,4-5,12,15H,3,6-11,17H2,1H3. The first-order chi connectivity index (χ1) is 9.15. The largest absolute Gasteiger partial charge is 0.324 e. The Morgan fingerprint density at radius 3 is 2.89 bits per heavy atom. The minimum Gasteiger partial charge on any atom is -0.324 e. The van der Waals surface area contributed by atoms with Crippen LogP contribution in [-0.2, 0) is 0 Å². The topological polar surface area (TPSA) is 32.5 Å². The first-order valence-electron chi connectivity index (χ1n) is 7.07. The second-order valence-corrected chi connectivity index (χ2v) is 5.45. The van der Waals surface area contributed by atoms with Crippen molar-refractivity contribution in [1.82, 2.24) is 9.80 Å². The lowest BCUT2D eigenvalue weighted by Crippen LogP contribution is -2.31. The van der Waals surface area contributed by atoms with Crippen molar-refractivity contribution >= 4 is 0 Å². The van der Waals surface area contributed by atoms with Crippen molar-refractivity contribution in [1.29, 1.82) is 0 Å². The van der Waals surface area contributed by atoms with Crippen LogP contribution in [0.25, 0.3) is 0 Å². The van der Waals surface area contributed by atoms with Crippen LogP contribution in [0.2, 0.25) is 0 Å². The summed E-state index contributed by atoms with van der Waals surface area (Å²) >= 11 is 0. The van der Waals surface area contributed by atoms with Crippen LogP contribution in [-0.4, -0.2) is 49.6 Å². The van der Waals surface area contributed by atoms with Crippen molar-refractivity contribution in [2.75, 3.05) is 39.8 Å². The molecule has 3 nitrogen and oxygen atoms in total. The Kier molecular flexibility index (Phi) is 5.31. The molecule has 1 fully saturated rings. The third kappa shape index (κ3) is 4.56. The number of halogens is 1. The third-order valence-electron chi connectivity index (χ3n) is 3.85. The summed E-state index contributed by atoms with van der Waals surface area (Å²) in [6.45, 7) is 5.53. The number of benzene rings is 1. The molecule has 1 aliphatic heterocycles. The molecule has 0 aromatic heterocycles. The molecule has 1 aliphatic rings. The first kappa shape index (κ1) is 14.4.